The van der Waals surface area contributed by atoms with Gasteiger partial charge < -0.3 is 5.73 Å². The van der Waals surface area contributed by atoms with Gasteiger partial charge in [0, 0.05) is 21.6 Å². The molecule has 0 aromatic heterocycles. The van der Waals surface area contributed by atoms with Crippen molar-refractivity contribution in [2.75, 3.05) is 0 Å². The molecule has 0 spiro atoms. The van der Waals surface area contributed by atoms with Crippen LogP contribution in [0.3, 0.4) is 0 Å². The first kappa shape index (κ1) is 19.7. The van der Waals surface area contributed by atoms with E-state index in [0.29, 0.717) is 25.8 Å². The fraction of sp³-hybridized carbons (Fsp3) is 0.111. The van der Waals surface area contributed by atoms with Gasteiger partial charge in [0.15, 0.2) is 0 Å². The summed E-state index contributed by atoms with van der Waals surface area (Å²) >= 11 is 14.6. The molecule has 0 unspecified atom stereocenters. The van der Waals surface area contributed by atoms with E-state index in [1.807, 2.05) is 30.3 Å². The number of hydrogen-bond donors (Lipinski definition) is 1. The van der Waals surface area contributed by atoms with Gasteiger partial charge in [-0.2, -0.15) is 5.26 Å². The molecular weight excluding hydrogens is 395 g/mol. The summed E-state index contributed by atoms with van der Waals surface area (Å²) in [6.07, 6.45) is 0. The van der Waals surface area contributed by atoms with Gasteiger partial charge >= 0.3 is 0 Å². The van der Waals surface area contributed by atoms with Crippen LogP contribution in [0.15, 0.2) is 58.3 Å². The van der Waals surface area contributed by atoms with Crippen molar-refractivity contribution in [2.45, 2.75) is 11.5 Å². The van der Waals surface area contributed by atoms with Crippen molar-refractivity contribution < 1.29 is 4.79 Å². The number of benzene rings is 2. The Kier molecular flexibility index (Phi) is 7.73. The highest BCUT2D eigenvalue weighted by atomic mass is 35.5. The molecule has 0 heterocycles. The highest BCUT2D eigenvalue weighted by Gasteiger charge is 2.14. The average Bonchev–Trinajstić information content (AvgIpc) is 2.60. The lowest BCUT2D eigenvalue weighted by atomic mass is 10.2. The number of carbonyl (C=O) groups is 1. The summed E-state index contributed by atoms with van der Waals surface area (Å²) < 4.78 is 0.611. The summed E-state index contributed by atoms with van der Waals surface area (Å²) in [5, 5.41) is 10.6. The molecule has 1 amide bonds. The van der Waals surface area contributed by atoms with Gasteiger partial charge in [-0.15, -0.1) is 23.5 Å². The van der Waals surface area contributed by atoms with Gasteiger partial charge in [0.05, 0.1) is 4.24 Å². The molecule has 0 bridgehead atoms. The summed E-state index contributed by atoms with van der Waals surface area (Å²) in [6.45, 7) is 0. The molecule has 0 saturated carbocycles. The summed E-state index contributed by atoms with van der Waals surface area (Å²) in [5.74, 6) is 0.502. The zero-order chi connectivity index (χ0) is 18.2. The van der Waals surface area contributed by atoms with Gasteiger partial charge in [0.25, 0.3) is 5.91 Å². The molecule has 0 aliphatic carbocycles. The number of nitriles is 1. The summed E-state index contributed by atoms with van der Waals surface area (Å²) in [6, 6.07) is 16.8. The van der Waals surface area contributed by atoms with Crippen LogP contribution in [-0.2, 0) is 16.3 Å². The van der Waals surface area contributed by atoms with Crippen LogP contribution in [0.2, 0.25) is 10.0 Å². The number of nitrogens with two attached hydrogens (primary N) is 1. The van der Waals surface area contributed by atoms with Crippen LogP contribution < -0.4 is 5.73 Å². The van der Waals surface area contributed by atoms with Crippen molar-refractivity contribution in [3.63, 3.8) is 0 Å². The van der Waals surface area contributed by atoms with Crippen molar-refractivity contribution in [3.8, 4) is 6.07 Å². The lowest BCUT2D eigenvalue weighted by Crippen LogP contribution is -2.13. The highest BCUT2D eigenvalue weighted by molar-refractivity contribution is 8.21. The predicted octanol–water partition coefficient (Wildman–Crippen LogP) is 5.38. The maximum Gasteiger partial charge on any atom is 0.261 e. The number of rotatable bonds is 7. The molecule has 7 heteroatoms. The smallest absolute Gasteiger partial charge is 0.261 e. The molecule has 2 rings (SSSR count). The summed E-state index contributed by atoms with van der Waals surface area (Å²) in [5.41, 5.74) is 7.41. The van der Waals surface area contributed by atoms with E-state index < -0.39 is 5.91 Å². The minimum atomic E-state index is -0.718. The predicted molar refractivity (Wildman–Crippen MR) is 107 cm³/mol. The average molecular weight is 409 g/mol. The van der Waals surface area contributed by atoms with Crippen LogP contribution in [-0.4, -0.2) is 5.91 Å². The maximum atomic E-state index is 11.6. The van der Waals surface area contributed by atoms with E-state index in [0.717, 1.165) is 11.1 Å². The molecule has 128 valence electrons. The van der Waals surface area contributed by atoms with E-state index in [2.05, 4.69) is 0 Å². The van der Waals surface area contributed by atoms with Gasteiger partial charge in [-0.3, -0.25) is 4.79 Å². The number of nitrogens with zero attached hydrogens (tertiary/aromatic N) is 1. The van der Waals surface area contributed by atoms with E-state index in [-0.39, 0.29) is 5.57 Å². The third-order valence-corrected chi connectivity index (χ3v) is 6.23. The first-order chi connectivity index (χ1) is 12.0. The van der Waals surface area contributed by atoms with E-state index in [4.69, 9.17) is 28.9 Å². The minimum Gasteiger partial charge on any atom is -0.365 e. The molecule has 2 aromatic rings. The molecule has 2 N–H and O–H groups in total. The van der Waals surface area contributed by atoms with Crippen LogP contribution in [0.25, 0.3) is 0 Å². The Morgan fingerprint density at radius 1 is 0.920 bits per heavy atom. The number of halogens is 2. The lowest BCUT2D eigenvalue weighted by Gasteiger charge is -2.09. The van der Waals surface area contributed by atoms with Crippen LogP contribution >= 0.6 is 46.7 Å². The number of thioether (sulfide) groups is 2. The van der Waals surface area contributed by atoms with Crippen LogP contribution in [0.5, 0.6) is 0 Å². The molecule has 0 radical (unpaired) electrons. The minimum absolute atomic E-state index is 0.0158. The van der Waals surface area contributed by atoms with Crippen molar-refractivity contribution in [3.05, 3.63) is 79.5 Å². The third-order valence-electron chi connectivity index (χ3n) is 3.13. The zero-order valence-electron chi connectivity index (χ0n) is 13.0. The number of primary amides is 1. The molecular formula is C18H14Cl2N2OS2. The lowest BCUT2D eigenvalue weighted by molar-refractivity contribution is -0.114. The molecule has 25 heavy (non-hydrogen) atoms. The quantitative estimate of drug-likeness (QED) is 0.493. The maximum absolute atomic E-state index is 11.6. The zero-order valence-corrected chi connectivity index (χ0v) is 16.2. The second-order valence-electron chi connectivity index (χ2n) is 4.97. The molecule has 0 saturated heterocycles. The fourth-order valence-electron chi connectivity index (χ4n) is 1.85. The van der Waals surface area contributed by atoms with E-state index in [1.165, 1.54) is 23.5 Å². The second kappa shape index (κ2) is 9.79. The first-order valence-corrected chi connectivity index (χ1v) is 9.91. The number of carbonyl (C=O) groups excluding carboxylic acids is 1. The van der Waals surface area contributed by atoms with E-state index in [1.54, 1.807) is 24.3 Å². The van der Waals surface area contributed by atoms with Gasteiger partial charge in [-0.05, 0) is 35.4 Å². The molecule has 3 nitrogen and oxygen atoms in total. The first-order valence-electron chi connectivity index (χ1n) is 7.18. The SMILES string of the molecule is N#CC(C(N)=O)=C(SCc1ccc(Cl)cc1)SCc1ccc(Cl)cc1. The molecule has 0 fully saturated rings. The Hall–Kier alpha value is -1.58. The Balaban J connectivity index is 2.12. The Labute approximate surface area is 165 Å². The standard InChI is InChI=1S/C18H14Cl2N2OS2/c19-14-5-1-12(2-6-14)10-24-18(16(9-21)17(22)23)25-11-13-3-7-15(20)8-4-13/h1-8H,10-11H2,(H2,22,23). The van der Waals surface area contributed by atoms with Crippen molar-refractivity contribution >= 4 is 52.6 Å². The number of amides is 1. The summed E-state index contributed by atoms with van der Waals surface area (Å²) in [7, 11) is 0. The molecule has 0 aliphatic heterocycles. The highest BCUT2D eigenvalue weighted by Crippen LogP contribution is 2.36. The van der Waals surface area contributed by atoms with Gasteiger partial charge in [0.1, 0.15) is 11.6 Å². The Morgan fingerprint density at radius 2 is 1.32 bits per heavy atom. The van der Waals surface area contributed by atoms with Crippen LogP contribution in [0.1, 0.15) is 11.1 Å². The topological polar surface area (TPSA) is 66.9 Å². The third kappa shape index (κ3) is 6.33. The molecule has 2 aromatic carbocycles. The summed E-state index contributed by atoms with van der Waals surface area (Å²) in [4.78, 5) is 11.6. The van der Waals surface area contributed by atoms with Gasteiger partial charge in [-0.25, -0.2) is 0 Å². The van der Waals surface area contributed by atoms with Gasteiger partial charge in [0.2, 0.25) is 0 Å². The van der Waals surface area contributed by atoms with E-state index in [9.17, 15) is 10.1 Å². The van der Waals surface area contributed by atoms with E-state index >= 15 is 0 Å². The molecule has 0 aliphatic rings. The normalized spacial score (nSPS) is 10.1. The fourth-order valence-corrected chi connectivity index (χ4v) is 4.35. The number of hydrogen-bond acceptors (Lipinski definition) is 4. The van der Waals surface area contributed by atoms with Crippen LogP contribution in [0, 0.1) is 11.3 Å². The Morgan fingerprint density at radius 3 is 1.64 bits per heavy atom. The Bertz CT molecular complexity index is 761. The van der Waals surface area contributed by atoms with Crippen molar-refractivity contribution in [1.82, 2.24) is 0 Å². The molecule has 0 atom stereocenters. The van der Waals surface area contributed by atoms with Crippen molar-refractivity contribution in [1.29, 1.82) is 5.26 Å². The van der Waals surface area contributed by atoms with Crippen LogP contribution in [0.4, 0.5) is 0 Å². The monoisotopic (exact) mass is 408 g/mol. The van der Waals surface area contributed by atoms with Crippen molar-refractivity contribution in [2.24, 2.45) is 5.73 Å². The largest absolute Gasteiger partial charge is 0.365 e. The second-order valence-corrected chi connectivity index (χ2v) is 8.07. The van der Waals surface area contributed by atoms with Gasteiger partial charge in [-0.1, -0.05) is 47.5 Å².